The number of aromatic nitrogens is 1. The Morgan fingerprint density at radius 3 is 2.75 bits per heavy atom. The highest BCUT2D eigenvalue weighted by molar-refractivity contribution is 7.91. The van der Waals surface area contributed by atoms with Crippen LogP contribution in [-0.4, -0.2) is 48.9 Å². The highest BCUT2D eigenvalue weighted by atomic mass is 32.2. The van der Waals surface area contributed by atoms with Crippen molar-refractivity contribution < 1.29 is 22.7 Å². The van der Waals surface area contributed by atoms with Crippen molar-refractivity contribution in [2.75, 3.05) is 13.7 Å². The number of hydrogen-bond donors (Lipinski definition) is 0. The normalized spacial score (nSPS) is 18.2. The molecule has 1 aliphatic heterocycles. The van der Waals surface area contributed by atoms with Crippen LogP contribution in [0.4, 0.5) is 0 Å². The lowest BCUT2D eigenvalue weighted by atomic mass is 10.0. The molecule has 0 radical (unpaired) electrons. The molecule has 3 heterocycles. The van der Waals surface area contributed by atoms with Gasteiger partial charge in [-0.3, -0.25) is 4.79 Å². The number of nitrogens with zero attached hydrogens (tertiary/aromatic N) is 3. The summed E-state index contributed by atoms with van der Waals surface area (Å²) >= 11 is 2.44. The summed E-state index contributed by atoms with van der Waals surface area (Å²) in [6, 6.07) is 7.62. The summed E-state index contributed by atoms with van der Waals surface area (Å²) < 4.78 is 35.2. The Labute approximate surface area is 193 Å². The molecule has 1 aromatic carbocycles. The number of ether oxygens (including phenoxy) is 1. The second-order valence-corrected chi connectivity index (χ2v) is 11.4. The maximum absolute atomic E-state index is 13.2. The zero-order chi connectivity index (χ0) is 22.9. The SMILES string of the molecule is CCn1c(=NC(=O)C2CCCCN2S(=O)(=O)c2cccs2)sc2cc(C(=O)OC)ccc21. The van der Waals surface area contributed by atoms with E-state index < -0.39 is 27.9 Å². The van der Waals surface area contributed by atoms with Gasteiger partial charge in [0.2, 0.25) is 0 Å². The first-order chi connectivity index (χ1) is 15.4. The zero-order valence-corrected chi connectivity index (χ0v) is 20.1. The molecule has 1 saturated heterocycles. The van der Waals surface area contributed by atoms with E-state index >= 15 is 0 Å². The van der Waals surface area contributed by atoms with Gasteiger partial charge in [0.15, 0.2) is 4.80 Å². The van der Waals surface area contributed by atoms with Gasteiger partial charge in [0.1, 0.15) is 10.3 Å². The van der Waals surface area contributed by atoms with E-state index in [0.717, 1.165) is 28.0 Å². The molecule has 0 aliphatic carbocycles. The van der Waals surface area contributed by atoms with E-state index in [0.29, 0.717) is 36.3 Å². The fourth-order valence-electron chi connectivity index (χ4n) is 3.84. The second-order valence-electron chi connectivity index (χ2n) is 7.31. The Bertz CT molecular complexity index is 1320. The molecule has 0 spiro atoms. The molecule has 0 saturated carbocycles. The monoisotopic (exact) mass is 493 g/mol. The van der Waals surface area contributed by atoms with E-state index in [4.69, 9.17) is 4.74 Å². The Hall–Kier alpha value is -2.34. The number of piperidine rings is 1. The summed E-state index contributed by atoms with van der Waals surface area (Å²) in [5, 5.41) is 1.71. The van der Waals surface area contributed by atoms with Gasteiger partial charge in [-0.15, -0.1) is 11.3 Å². The van der Waals surface area contributed by atoms with Crippen molar-refractivity contribution >= 4 is 54.8 Å². The average Bonchev–Trinajstić information content (AvgIpc) is 3.46. The Morgan fingerprint density at radius 2 is 2.06 bits per heavy atom. The number of rotatable bonds is 5. The van der Waals surface area contributed by atoms with Gasteiger partial charge in [0, 0.05) is 13.1 Å². The smallest absolute Gasteiger partial charge is 0.337 e. The Morgan fingerprint density at radius 1 is 1.25 bits per heavy atom. The van der Waals surface area contributed by atoms with E-state index in [9.17, 15) is 18.0 Å². The summed E-state index contributed by atoms with van der Waals surface area (Å²) in [5.41, 5.74) is 1.27. The summed E-state index contributed by atoms with van der Waals surface area (Å²) in [7, 11) is -2.42. The van der Waals surface area contributed by atoms with Crippen LogP contribution in [0.25, 0.3) is 10.2 Å². The second kappa shape index (κ2) is 9.26. The molecule has 1 fully saturated rings. The van der Waals surface area contributed by atoms with Crippen LogP contribution in [-0.2, 0) is 26.1 Å². The van der Waals surface area contributed by atoms with Crippen molar-refractivity contribution in [3.63, 3.8) is 0 Å². The fourth-order valence-corrected chi connectivity index (χ4v) is 7.75. The van der Waals surface area contributed by atoms with Crippen LogP contribution in [0.15, 0.2) is 44.9 Å². The van der Waals surface area contributed by atoms with E-state index in [1.165, 1.54) is 22.8 Å². The molecule has 2 aromatic heterocycles. The van der Waals surface area contributed by atoms with Crippen molar-refractivity contribution in [3.8, 4) is 0 Å². The first kappa shape index (κ1) is 22.8. The lowest BCUT2D eigenvalue weighted by Crippen LogP contribution is -2.47. The number of thiophene rings is 1. The molecule has 32 heavy (non-hydrogen) atoms. The van der Waals surface area contributed by atoms with Crippen molar-refractivity contribution in [2.24, 2.45) is 4.99 Å². The molecule has 1 aliphatic rings. The molecular weight excluding hydrogens is 470 g/mol. The molecule has 8 nitrogen and oxygen atoms in total. The third-order valence-electron chi connectivity index (χ3n) is 5.42. The number of aryl methyl sites for hydroxylation is 1. The quantitative estimate of drug-likeness (QED) is 0.508. The van der Waals surface area contributed by atoms with Crippen molar-refractivity contribution in [3.05, 3.63) is 46.1 Å². The molecule has 0 bridgehead atoms. The summed E-state index contributed by atoms with van der Waals surface area (Å²) in [6.45, 7) is 2.82. The van der Waals surface area contributed by atoms with Crippen LogP contribution >= 0.6 is 22.7 Å². The standard InChI is InChI=1S/C21H23N3O5S3/c1-3-23-15-10-9-14(20(26)29-2)13-17(15)31-21(23)22-19(25)16-7-4-5-11-24(16)32(27,28)18-8-6-12-30-18/h6,8-10,12-13,16H,3-5,7,11H2,1-2H3. The number of carbonyl (C=O) groups is 2. The number of hydrogen-bond acceptors (Lipinski definition) is 7. The topological polar surface area (TPSA) is 98.0 Å². The third-order valence-corrected chi connectivity index (χ3v) is 9.75. The van der Waals surface area contributed by atoms with Gasteiger partial charge >= 0.3 is 5.97 Å². The van der Waals surface area contributed by atoms with Crippen LogP contribution in [0.2, 0.25) is 0 Å². The predicted octanol–water partition coefficient (Wildman–Crippen LogP) is 3.24. The van der Waals surface area contributed by atoms with Gasteiger partial charge in [-0.1, -0.05) is 23.8 Å². The third kappa shape index (κ3) is 4.17. The maximum atomic E-state index is 13.2. The molecule has 1 amide bonds. The Kier molecular flexibility index (Phi) is 6.61. The minimum atomic E-state index is -3.75. The molecule has 170 valence electrons. The van der Waals surface area contributed by atoms with Gasteiger partial charge in [-0.2, -0.15) is 9.30 Å². The minimum Gasteiger partial charge on any atom is -0.465 e. The van der Waals surface area contributed by atoms with Gasteiger partial charge in [-0.05, 0) is 49.4 Å². The molecular formula is C21H23N3O5S3. The highest BCUT2D eigenvalue weighted by Crippen LogP contribution is 2.28. The van der Waals surface area contributed by atoms with E-state index in [-0.39, 0.29) is 4.21 Å². The summed E-state index contributed by atoms with van der Waals surface area (Å²) in [5.74, 6) is -0.902. The zero-order valence-electron chi connectivity index (χ0n) is 17.7. The fraction of sp³-hybridized carbons (Fsp3) is 0.381. The molecule has 3 aromatic rings. The van der Waals surface area contributed by atoms with Crippen LogP contribution in [0, 0.1) is 0 Å². The molecule has 11 heteroatoms. The van der Waals surface area contributed by atoms with E-state index in [1.807, 2.05) is 11.5 Å². The lowest BCUT2D eigenvalue weighted by molar-refractivity contribution is -0.122. The molecule has 1 unspecified atom stereocenters. The van der Waals surface area contributed by atoms with E-state index in [2.05, 4.69) is 4.99 Å². The first-order valence-electron chi connectivity index (χ1n) is 10.2. The maximum Gasteiger partial charge on any atom is 0.337 e. The van der Waals surface area contributed by atoms with Crippen molar-refractivity contribution in [1.82, 2.24) is 8.87 Å². The summed E-state index contributed by atoms with van der Waals surface area (Å²) in [4.78, 5) is 29.9. The molecule has 0 N–H and O–H groups in total. The number of esters is 1. The summed E-state index contributed by atoms with van der Waals surface area (Å²) in [6.07, 6.45) is 1.92. The number of amides is 1. The molecule has 1 atom stereocenters. The number of benzene rings is 1. The number of carbonyl (C=O) groups excluding carboxylic acids is 2. The molecule has 4 rings (SSSR count). The Balaban J connectivity index is 1.73. The van der Waals surface area contributed by atoms with Crippen LogP contribution in [0.1, 0.15) is 36.5 Å². The van der Waals surface area contributed by atoms with Crippen molar-refractivity contribution in [2.45, 2.75) is 43.0 Å². The van der Waals surface area contributed by atoms with Gasteiger partial charge < -0.3 is 9.30 Å². The van der Waals surface area contributed by atoms with Crippen LogP contribution < -0.4 is 4.80 Å². The van der Waals surface area contributed by atoms with Gasteiger partial charge in [0.05, 0.1) is 22.9 Å². The van der Waals surface area contributed by atoms with Crippen LogP contribution in [0.5, 0.6) is 0 Å². The van der Waals surface area contributed by atoms with Gasteiger partial charge in [-0.25, -0.2) is 13.2 Å². The number of methoxy groups -OCH3 is 1. The largest absolute Gasteiger partial charge is 0.465 e. The van der Waals surface area contributed by atoms with Crippen molar-refractivity contribution in [1.29, 1.82) is 0 Å². The number of sulfonamides is 1. The lowest BCUT2D eigenvalue weighted by Gasteiger charge is -2.31. The first-order valence-corrected chi connectivity index (χ1v) is 13.4. The average molecular weight is 494 g/mol. The number of fused-ring (bicyclic) bond motifs is 1. The minimum absolute atomic E-state index is 0.234. The highest BCUT2D eigenvalue weighted by Gasteiger charge is 2.38. The predicted molar refractivity (Wildman–Crippen MR) is 123 cm³/mol. The van der Waals surface area contributed by atoms with Gasteiger partial charge in [0.25, 0.3) is 15.9 Å². The van der Waals surface area contributed by atoms with Crippen LogP contribution in [0.3, 0.4) is 0 Å². The number of thiazole rings is 1. The van der Waals surface area contributed by atoms with E-state index in [1.54, 1.807) is 35.7 Å².